The largest absolute Gasteiger partial charge is 0.496 e. The number of alkyl halides is 5. The van der Waals surface area contributed by atoms with Gasteiger partial charge in [0.25, 0.3) is 6.43 Å². The predicted octanol–water partition coefficient (Wildman–Crippen LogP) is 3.05. The van der Waals surface area contributed by atoms with Gasteiger partial charge in [0, 0.05) is 6.20 Å². The molecule has 0 atom stereocenters. The summed E-state index contributed by atoms with van der Waals surface area (Å²) in [4.78, 5) is 3.00. The van der Waals surface area contributed by atoms with Crippen molar-refractivity contribution in [3.63, 3.8) is 0 Å². The molecule has 1 aromatic rings. The lowest BCUT2D eigenvalue weighted by Crippen LogP contribution is -2.13. The van der Waals surface area contributed by atoms with Crippen LogP contribution in [0.15, 0.2) is 12.3 Å². The molecule has 0 radical (unpaired) electrons. The van der Waals surface area contributed by atoms with Gasteiger partial charge in [-0.3, -0.25) is 4.98 Å². The highest BCUT2D eigenvalue weighted by Gasteiger charge is 2.40. The highest BCUT2D eigenvalue weighted by atomic mass is 19.4. The van der Waals surface area contributed by atoms with Crippen LogP contribution in [0.4, 0.5) is 22.0 Å². The second-order valence-corrected chi connectivity index (χ2v) is 2.57. The molecule has 0 N–H and O–H groups in total. The predicted molar refractivity (Wildman–Crippen MR) is 40.7 cm³/mol. The third-order valence-electron chi connectivity index (χ3n) is 1.65. The Morgan fingerprint density at radius 1 is 1.33 bits per heavy atom. The van der Waals surface area contributed by atoms with Crippen molar-refractivity contribution in [3.05, 3.63) is 23.5 Å². The SMILES string of the molecule is COc1ccnc(C(F)F)c1C(F)(F)F. The molecule has 2 nitrogen and oxygen atoms in total. The van der Waals surface area contributed by atoms with Gasteiger partial charge >= 0.3 is 6.18 Å². The topological polar surface area (TPSA) is 22.1 Å². The molecular formula is C8H6F5NO. The van der Waals surface area contributed by atoms with Gasteiger partial charge in [-0.1, -0.05) is 0 Å². The molecule has 0 aliphatic rings. The van der Waals surface area contributed by atoms with Crippen molar-refractivity contribution in [2.24, 2.45) is 0 Å². The zero-order valence-corrected chi connectivity index (χ0v) is 7.48. The zero-order valence-electron chi connectivity index (χ0n) is 7.48. The van der Waals surface area contributed by atoms with E-state index in [-0.39, 0.29) is 0 Å². The first-order chi connectivity index (χ1) is 6.88. The van der Waals surface area contributed by atoms with Crippen molar-refractivity contribution in [2.75, 3.05) is 7.11 Å². The van der Waals surface area contributed by atoms with Crippen molar-refractivity contribution in [3.8, 4) is 5.75 Å². The normalized spacial score (nSPS) is 11.9. The minimum absolute atomic E-state index is 0.659. The van der Waals surface area contributed by atoms with Gasteiger partial charge < -0.3 is 4.74 Å². The van der Waals surface area contributed by atoms with E-state index in [1.807, 2.05) is 0 Å². The summed E-state index contributed by atoms with van der Waals surface area (Å²) in [5.74, 6) is -0.659. The fourth-order valence-electron chi connectivity index (χ4n) is 1.08. The summed E-state index contributed by atoms with van der Waals surface area (Å²) >= 11 is 0. The Bertz CT molecular complexity index is 349. The van der Waals surface area contributed by atoms with E-state index in [9.17, 15) is 22.0 Å². The third-order valence-corrected chi connectivity index (χ3v) is 1.65. The summed E-state index contributed by atoms with van der Waals surface area (Å²) in [5.41, 5.74) is -2.84. The minimum Gasteiger partial charge on any atom is -0.496 e. The average molecular weight is 227 g/mol. The number of rotatable bonds is 2. The lowest BCUT2D eigenvalue weighted by Gasteiger charge is -2.14. The van der Waals surface area contributed by atoms with Crippen LogP contribution in [-0.4, -0.2) is 12.1 Å². The van der Waals surface area contributed by atoms with Gasteiger partial charge in [0.05, 0.1) is 7.11 Å². The molecule has 1 aromatic heterocycles. The standard InChI is InChI=1S/C8H6F5NO/c1-15-4-2-3-14-6(7(9)10)5(4)8(11,12)13/h2-3,7H,1H3. The van der Waals surface area contributed by atoms with Crippen molar-refractivity contribution >= 4 is 0 Å². The number of hydrogen-bond acceptors (Lipinski definition) is 2. The maximum atomic E-state index is 12.4. The van der Waals surface area contributed by atoms with Crippen LogP contribution < -0.4 is 4.74 Å². The molecule has 0 bridgehead atoms. The van der Waals surface area contributed by atoms with Gasteiger partial charge in [0.15, 0.2) is 0 Å². The molecule has 7 heteroatoms. The molecule has 84 valence electrons. The summed E-state index contributed by atoms with van der Waals surface area (Å²) in [7, 11) is 0.972. The highest BCUT2D eigenvalue weighted by Crippen LogP contribution is 2.40. The van der Waals surface area contributed by atoms with E-state index in [2.05, 4.69) is 9.72 Å². The van der Waals surface area contributed by atoms with Gasteiger partial charge in [-0.2, -0.15) is 13.2 Å². The molecule has 0 aromatic carbocycles. The smallest absolute Gasteiger partial charge is 0.421 e. The lowest BCUT2D eigenvalue weighted by molar-refractivity contribution is -0.141. The summed E-state index contributed by atoms with van der Waals surface area (Å²) < 4.78 is 66.1. The molecule has 0 amide bonds. The molecule has 0 aliphatic carbocycles. The van der Waals surface area contributed by atoms with Crippen molar-refractivity contribution in [1.82, 2.24) is 4.98 Å². The van der Waals surface area contributed by atoms with Gasteiger partial charge in [-0.05, 0) is 6.07 Å². The average Bonchev–Trinajstić information content (AvgIpc) is 2.15. The second kappa shape index (κ2) is 4.00. The van der Waals surface area contributed by atoms with Crippen molar-refractivity contribution in [1.29, 1.82) is 0 Å². The molecule has 0 fully saturated rings. The number of methoxy groups -OCH3 is 1. The van der Waals surface area contributed by atoms with Crippen molar-refractivity contribution < 1.29 is 26.7 Å². The molecule has 1 heterocycles. The van der Waals surface area contributed by atoms with Gasteiger partial charge in [-0.25, -0.2) is 8.78 Å². The second-order valence-electron chi connectivity index (χ2n) is 2.57. The molecule has 1 rings (SSSR count). The molecule has 0 saturated heterocycles. The maximum Gasteiger partial charge on any atom is 0.421 e. The Kier molecular flexibility index (Phi) is 3.11. The molecular weight excluding hydrogens is 221 g/mol. The van der Waals surface area contributed by atoms with E-state index in [0.717, 1.165) is 19.4 Å². The fourth-order valence-corrected chi connectivity index (χ4v) is 1.08. The van der Waals surface area contributed by atoms with Crippen LogP contribution in [0.5, 0.6) is 5.75 Å². The third kappa shape index (κ3) is 2.34. The summed E-state index contributed by atoms with van der Waals surface area (Å²) in [6.07, 6.45) is -7.36. The molecule has 0 unspecified atom stereocenters. The Labute approximate surface area is 81.7 Å². The monoisotopic (exact) mass is 227 g/mol. The van der Waals surface area contributed by atoms with Crippen LogP contribution in [0.2, 0.25) is 0 Å². The maximum absolute atomic E-state index is 12.4. The number of halogens is 5. The Morgan fingerprint density at radius 2 is 1.93 bits per heavy atom. The molecule has 15 heavy (non-hydrogen) atoms. The Morgan fingerprint density at radius 3 is 2.33 bits per heavy atom. The van der Waals surface area contributed by atoms with E-state index in [0.29, 0.717) is 0 Å². The number of nitrogens with zero attached hydrogens (tertiary/aromatic N) is 1. The fraction of sp³-hybridized carbons (Fsp3) is 0.375. The summed E-state index contributed by atoms with van der Waals surface area (Å²) in [6.45, 7) is 0. The van der Waals surface area contributed by atoms with Crippen LogP contribution in [0.3, 0.4) is 0 Å². The lowest BCUT2D eigenvalue weighted by atomic mass is 10.1. The van der Waals surface area contributed by atoms with E-state index in [4.69, 9.17) is 0 Å². The van der Waals surface area contributed by atoms with E-state index >= 15 is 0 Å². The number of hydrogen-bond donors (Lipinski definition) is 0. The molecule has 0 saturated carbocycles. The van der Waals surface area contributed by atoms with E-state index < -0.39 is 29.6 Å². The Hall–Kier alpha value is -1.40. The van der Waals surface area contributed by atoms with Crippen LogP contribution in [-0.2, 0) is 6.18 Å². The highest BCUT2D eigenvalue weighted by molar-refractivity contribution is 5.38. The number of pyridine rings is 1. The van der Waals surface area contributed by atoms with E-state index in [1.165, 1.54) is 0 Å². The Balaban J connectivity index is 3.41. The number of aromatic nitrogens is 1. The zero-order chi connectivity index (χ0) is 11.6. The van der Waals surface area contributed by atoms with E-state index in [1.54, 1.807) is 0 Å². The van der Waals surface area contributed by atoms with Gasteiger partial charge in [-0.15, -0.1) is 0 Å². The molecule has 0 spiro atoms. The van der Waals surface area contributed by atoms with Gasteiger partial charge in [0.1, 0.15) is 17.0 Å². The quantitative estimate of drug-likeness (QED) is 0.724. The first kappa shape index (κ1) is 11.7. The minimum atomic E-state index is -4.91. The van der Waals surface area contributed by atoms with Crippen LogP contribution in [0.1, 0.15) is 17.7 Å². The van der Waals surface area contributed by atoms with Crippen molar-refractivity contribution in [2.45, 2.75) is 12.6 Å². The number of ether oxygens (including phenoxy) is 1. The van der Waals surface area contributed by atoms with Gasteiger partial charge in [0.2, 0.25) is 0 Å². The van der Waals surface area contributed by atoms with Crippen LogP contribution in [0, 0.1) is 0 Å². The van der Waals surface area contributed by atoms with Crippen LogP contribution >= 0.6 is 0 Å². The summed E-state index contributed by atoms with van der Waals surface area (Å²) in [5, 5.41) is 0. The van der Waals surface area contributed by atoms with Crippen LogP contribution in [0.25, 0.3) is 0 Å². The first-order valence-corrected chi connectivity index (χ1v) is 3.76. The first-order valence-electron chi connectivity index (χ1n) is 3.76. The summed E-state index contributed by atoms with van der Waals surface area (Å²) in [6, 6.07) is 0.884. The molecule has 0 aliphatic heterocycles.